The fourth-order valence-electron chi connectivity index (χ4n) is 0.445. The Morgan fingerprint density at radius 2 is 1.89 bits per heavy atom. The van der Waals surface area contributed by atoms with Gasteiger partial charge < -0.3 is 10.5 Å². The van der Waals surface area contributed by atoms with E-state index in [9.17, 15) is 0 Å². The predicted octanol–water partition coefficient (Wildman–Crippen LogP) is 0.567. The number of aromatic nitrogens is 1. The Kier molecular flexibility index (Phi) is 3.44. The van der Waals surface area contributed by atoms with Crippen molar-refractivity contribution in [2.24, 2.45) is 0 Å². The van der Waals surface area contributed by atoms with Gasteiger partial charge in [-0.1, -0.05) is 0 Å². The summed E-state index contributed by atoms with van der Waals surface area (Å²) in [4.78, 5) is 5.75. The zero-order chi connectivity index (χ0) is 5.82. The maximum atomic E-state index is 8.15. The van der Waals surface area contributed by atoms with Crippen molar-refractivity contribution in [2.75, 3.05) is 0 Å². The topological polar surface area (TPSA) is 52.2 Å². The number of aromatic amines is 1. The molecule has 0 atom stereocenters. The molecule has 48 valence electrons. The molecule has 0 spiro atoms. The second-order valence-corrected chi connectivity index (χ2v) is 1.36. The van der Waals surface area contributed by atoms with Crippen LogP contribution in [0.2, 0.25) is 0 Å². The lowest BCUT2D eigenvalue weighted by Gasteiger charge is -1.71. The predicted molar refractivity (Wildman–Crippen MR) is 34.8 cm³/mol. The quantitative estimate of drug-likeness (QED) is 0.408. The summed E-state index contributed by atoms with van der Waals surface area (Å²) in [5, 5.41) is 0.559. The van der Waals surface area contributed by atoms with E-state index in [1.807, 2.05) is 0 Å². The van der Waals surface area contributed by atoms with Crippen LogP contribution >= 0.6 is 12.4 Å². The average Bonchev–Trinajstić information content (AvgIpc) is 1.90. The van der Waals surface area contributed by atoms with Crippen molar-refractivity contribution in [3.8, 4) is 0 Å². The molecule has 0 unspecified atom stereocenters. The van der Waals surface area contributed by atoms with E-state index in [-0.39, 0.29) is 12.4 Å². The van der Waals surface area contributed by atoms with E-state index in [1.165, 1.54) is 0 Å². The highest BCUT2D eigenvalue weighted by molar-refractivity contribution is 5.85. The first-order chi connectivity index (χ1) is 3.93. The molecule has 1 rings (SSSR count). The molecule has 0 radical (unpaired) electrons. The third kappa shape index (κ3) is 2.13. The van der Waals surface area contributed by atoms with Crippen LogP contribution in [0.3, 0.4) is 0 Å². The SMILES string of the molecule is Cl.[N-]=[N+]=c1cc[nH]cc1. The molecule has 4 heteroatoms. The van der Waals surface area contributed by atoms with Crippen LogP contribution in [0.5, 0.6) is 0 Å². The Morgan fingerprint density at radius 1 is 1.33 bits per heavy atom. The normalized spacial score (nSPS) is 7.11. The van der Waals surface area contributed by atoms with Crippen molar-refractivity contribution < 1.29 is 4.79 Å². The number of hydrogen-bond acceptors (Lipinski definition) is 0. The summed E-state index contributed by atoms with van der Waals surface area (Å²) in [5.41, 5.74) is 8.15. The summed E-state index contributed by atoms with van der Waals surface area (Å²) in [6.45, 7) is 0. The van der Waals surface area contributed by atoms with Gasteiger partial charge in [-0.3, -0.25) is 0 Å². The van der Waals surface area contributed by atoms with Crippen molar-refractivity contribution >= 4 is 12.4 Å². The number of pyridine rings is 1. The van der Waals surface area contributed by atoms with Crippen LogP contribution in [0.25, 0.3) is 5.53 Å². The fraction of sp³-hybridized carbons (Fsp3) is 0. The van der Waals surface area contributed by atoms with Crippen molar-refractivity contribution in [3.63, 3.8) is 0 Å². The second-order valence-electron chi connectivity index (χ2n) is 1.36. The molecule has 0 amide bonds. The fourth-order valence-corrected chi connectivity index (χ4v) is 0.445. The van der Waals surface area contributed by atoms with Crippen molar-refractivity contribution in [1.82, 2.24) is 4.98 Å². The van der Waals surface area contributed by atoms with Crippen LogP contribution in [-0.2, 0) is 0 Å². The zero-order valence-electron chi connectivity index (χ0n) is 4.61. The summed E-state index contributed by atoms with van der Waals surface area (Å²) in [6, 6.07) is 3.33. The minimum Gasteiger partial charge on any atom is -0.367 e. The number of hydrogen-bond donors (Lipinski definition) is 1. The third-order valence-electron chi connectivity index (χ3n) is 0.816. The van der Waals surface area contributed by atoms with E-state index in [1.54, 1.807) is 24.5 Å². The van der Waals surface area contributed by atoms with E-state index < -0.39 is 0 Å². The highest BCUT2D eigenvalue weighted by Gasteiger charge is 1.78. The maximum absolute atomic E-state index is 8.15. The highest BCUT2D eigenvalue weighted by Crippen LogP contribution is 1.63. The molecule has 1 N–H and O–H groups in total. The molecule has 0 aliphatic carbocycles. The van der Waals surface area contributed by atoms with Gasteiger partial charge in [0.05, 0.1) is 0 Å². The van der Waals surface area contributed by atoms with E-state index in [0.717, 1.165) is 0 Å². The van der Waals surface area contributed by atoms with Crippen LogP contribution in [0.1, 0.15) is 0 Å². The Bertz CT molecular complexity index is 231. The monoisotopic (exact) mass is 143 g/mol. The first kappa shape index (κ1) is 7.95. The summed E-state index contributed by atoms with van der Waals surface area (Å²) in [7, 11) is 0. The van der Waals surface area contributed by atoms with E-state index >= 15 is 0 Å². The number of nitrogens with zero attached hydrogens (tertiary/aromatic N) is 2. The van der Waals surface area contributed by atoms with Gasteiger partial charge in [0, 0.05) is 24.5 Å². The Balaban J connectivity index is 0.000000640. The number of nitrogens with one attached hydrogen (secondary N) is 1. The Labute approximate surface area is 58.4 Å². The molecular formula is C5H6ClN3. The van der Waals surface area contributed by atoms with Crippen molar-refractivity contribution in [2.45, 2.75) is 0 Å². The molecule has 0 aliphatic rings. The van der Waals surface area contributed by atoms with Crippen LogP contribution in [0.15, 0.2) is 24.5 Å². The molecule has 0 saturated heterocycles. The van der Waals surface area contributed by atoms with Gasteiger partial charge in [0.25, 0.3) is 0 Å². The molecule has 0 aromatic carbocycles. The van der Waals surface area contributed by atoms with Crippen LogP contribution < -0.4 is 5.36 Å². The van der Waals surface area contributed by atoms with Crippen LogP contribution in [-0.4, -0.2) is 9.77 Å². The standard InChI is InChI=1S/C5H5N3.ClH/c6-8-5-1-3-7-4-2-5;/h1-4,7H;1H. The van der Waals surface area contributed by atoms with Gasteiger partial charge in [-0.25, -0.2) is 0 Å². The molecule has 0 saturated carbocycles. The number of H-pyrrole nitrogens is 1. The highest BCUT2D eigenvalue weighted by atomic mass is 35.5. The Morgan fingerprint density at radius 3 is 2.22 bits per heavy atom. The van der Waals surface area contributed by atoms with Gasteiger partial charge in [-0.2, -0.15) is 4.79 Å². The largest absolute Gasteiger partial charge is 0.367 e. The lowest BCUT2D eigenvalue weighted by molar-refractivity contribution is -0.0651. The van der Waals surface area contributed by atoms with Crippen LogP contribution in [0, 0.1) is 0 Å². The molecular weight excluding hydrogens is 138 g/mol. The first-order valence-corrected chi connectivity index (χ1v) is 2.24. The van der Waals surface area contributed by atoms with Gasteiger partial charge in [0.2, 0.25) is 0 Å². The Hall–Kier alpha value is -1.05. The summed E-state index contributed by atoms with van der Waals surface area (Å²) < 4.78 is 0. The molecule has 1 aromatic rings. The summed E-state index contributed by atoms with van der Waals surface area (Å²) >= 11 is 0. The van der Waals surface area contributed by atoms with Crippen molar-refractivity contribution in [3.05, 3.63) is 35.4 Å². The van der Waals surface area contributed by atoms with E-state index in [4.69, 9.17) is 5.53 Å². The van der Waals surface area contributed by atoms with Gasteiger partial charge in [0.15, 0.2) is 0 Å². The molecule has 9 heavy (non-hydrogen) atoms. The van der Waals surface area contributed by atoms with Gasteiger partial charge >= 0.3 is 5.36 Å². The lowest BCUT2D eigenvalue weighted by Crippen LogP contribution is -1.98. The first-order valence-electron chi connectivity index (χ1n) is 2.24. The van der Waals surface area contributed by atoms with Gasteiger partial charge in [0.1, 0.15) is 0 Å². The summed E-state index contributed by atoms with van der Waals surface area (Å²) in [6.07, 6.45) is 3.38. The second kappa shape index (κ2) is 3.89. The maximum Gasteiger partial charge on any atom is 0.318 e. The zero-order valence-corrected chi connectivity index (χ0v) is 5.43. The minimum absolute atomic E-state index is 0. The van der Waals surface area contributed by atoms with Crippen LogP contribution in [0.4, 0.5) is 0 Å². The molecule has 0 fully saturated rings. The molecule has 3 nitrogen and oxygen atoms in total. The van der Waals surface area contributed by atoms with Gasteiger partial charge in [-0.15, -0.1) is 12.4 Å². The minimum atomic E-state index is 0. The number of rotatable bonds is 0. The van der Waals surface area contributed by atoms with Gasteiger partial charge in [-0.05, 0) is 0 Å². The van der Waals surface area contributed by atoms with E-state index in [2.05, 4.69) is 9.77 Å². The summed E-state index contributed by atoms with van der Waals surface area (Å²) in [5.74, 6) is 0. The average molecular weight is 144 g/mol. The number of halogens is 1. The van der Waals surface area contributed by atoms with E-state index in [0.29, 0.717) is 5.36 Å². The lowest BCUT2D eigenvalue weighted by atomic mass is 10.5. The third-order valence-corrected chi connectivity index (χ3v) is 0.816. The van der Waals surface area contributed by atoms with Crippen molar-refractivity contribution in [1.29, 1.82) is 0 Å². The molecule has 0 bridgehead atoms. The smallest absolute Gasteiger partial charge is 0.318 e. The molecule has 1 heterocycles. The molecule has 1 aromatic heterocycles. The molecule has 0 aliphatic heterocycles.